The maximum Gasteiger partial charge on any atom is 0.247 e. The summed E-state index contributed by atoms with van der Waals surface area (Å²) in [5.41, 5.74) is 1.81. The number of amides is 1. The molecule has 2 aromatic rings. The third-order valence-corrected chi connectivity index (χ3v) is 2.54. The highest BCUT2D eigenvalue weighted by Gasteiger charge is 2.08. The standard InChI is InChI=1S/C12H14N6O/c1-9-7-10(2)18(15-9)8-12(19)14-11-3-5-17(16-11)6-4-13/h3,5,7H,6,8H2,1-2H3,(H,14,16,19). The van der Waals surface area contributed by atoms with Crippen LogP contribution in [0.25, 0.3) is 0 Å². The van der Waals surface area contributed by atoms with Crippen molar-refractivity contribution in [2.75, 3.05) is 5.32 Å². The summed E-state index contributed by atoms with van der Waals surface area (Å²) in [5, 5.41) is 19.4. The fourth-order valence-corrected chi connectivity index (χ4v) is 1.74. The van der Waals surface area contributed by atoms with Crippen LogP contribution in [-0.4, -0.2) is 25.5 Å². The van der Waals surface area contributed by atoms with Crippen LogP contribution in [0.15, 0.2) is 18.3 Å². The smallest absolute Gasteiger partial charge is 0.247 e. The summed E-state index contributed by atoms with van der Waals surface area (Å²) in [4.78, 5) is 11.8. The average Bonchev–Trinajstić information content (AvgIpc) is 2.87. The van der Waals surface area contributed by atoms with E-state index in [9.17, 15) is 4.79 Å². The summed E-state index contributed by atoms with van der Waals surface area (Å²) in [6.45, 7) is 4.08. The maximum absolute atomic E-state index is 11.8. The first-order chi connectivity index (χ1) is 9.08. The van der Waals surface area contributed by atoms with E-state index in [4.69, 9.17) is 5.26 Å². The fourth-order valence-electron chi connectivity index (χ4n) is 1.74. The van der Waals surface area contributed by atoms with Gasteiger partial charge >= 0.3 is 0 Å². The molecule has 0 aliphatic heterocycles. The van der Waals surface area contributed by atoms with E-state index in [2.05, 4.69) is 15.5 Å². The van der Waals surface area contributed by atoms with Gasteiger partial charge in [0.1, 0.15) is 13.1 Å². The first-order valence-electron chi connectivity index (χ1n) is 5.80. The molecule has 0 fully saturated rings. The second kappa shape index (κ2) is 5.35. The molecule has 1 N–H and O–H groups in total. The molecule has 2 rings (SSSR count). The number of rotatable bonds is 4. The van der Waals surface area contributed by atoms with Gasteiger partial charge in [-0.1, -0.05) is 0 Å². The summed E-state index contributed by atoms with van der Waals surface area (Å²) in [5.74, 6) is 0.232. The number of hydrogen-bond donors (Lipinski definition) is 1. The van der Waals surface area contributed by atoms with Gasteiger partial charge in [0.2, 0.25) is 5.91 Å². The van der Waals surface area contributed by atoms with Crippen LogP contribution in [0, 0.1) is 25.2 Å². The molecule has 0 spiro atoms. The minimum atomic E-state index is -0.201. The number of nitrogens with zero attached hydrogens (tertiary/aromatic N) is 5. The largest absolute Gasteiger partial charge is 0.308 e. The van der Waals surface area contributed by atoms with Gasteiger partial charge in [-0.15, -0.1) is 0 Å². The minimum Gasteiger partial charge on any atom is -0.308 e. The summed E-state index contributed by atoms with van der Waals surface area (Å²) in [6.07, 6.45) is 1.64. The van der Waals surface area contributed by atoms with Crippen molar-refractivity contribution >= 4 is 11.7 Å². The highest BCUT2D eigenvalue weighted by molar-refractivity contribution is 5.89. The Balaban J connectivity index is 1.97. The molecular formula is C12H14N6O. The fraction of sp³-hybridized carbons (Fsp3) is 0.333. The molecule has 0 aliphatic rings. The number of hydrogen-bond acceptors (Lipinski definition) is 4. The Hall–Kier alpha value is -2.62. The number of carbonyl (C=O) groups excluding carboxylic acids is 1. The van der Waals surface area contributed by atoms with E-state index in [0.717, 1.165) is 11.4 Å². The van der Waals surface area contributed by atoms with Crippen molar-refractivity contribution < 1.29 is 4.79 Å². The normalized spacial score (nSPS) is 10.2. The maximum atomic E-state index is 11.8. The lowest BCUT2D eigenvalue weighted by molar-refractivity contribution is -0.117. The predicted octanol–water partition coefficient (Wildman–Crippen LogP) is 0.859. The molecule has 0 saturated carbocycles. The van der Waals surface area contributed by atoms with E-state index in [1.54, 1.807) is 16.9 Å². The molecule has 0 aromatic carbocycles. The first kappa shape index (κ1) is 12.8. The second-order valence-electron chi connectivity index (χ2n) is 4.19. The second-order valence-corrected chi connectivity index (χ2v) is 4.19. The quantitative estimate of drug-likeness (QED) is 0.880. The van der Waals surface area contributed by atoms with Crippen LogP contribution in [0.3, 0.4) is 0 Å². The molecule has 0 bridgehead atoms. The molecule has 19 heavy (non-hydrogen) atoms. The Bertz CT molecular complexity index is 633. The van der Waals surface area contributed by atoms with Gasteiger partial charge in [0.15, 0.2) is 5.82 Å². The van der Waals surface area contributed by atoms with E-state index in [0.29, 0.717) is 5.82 Å². The van der Waals surface area contributed by atoms with Gasteiger partial charge in [0, 0.05) is 18.0 Å². The number of anilines is 1. The SMILES string of the molecule is Cc1cc(C)n(CC(=O)Nc2ccn(CC#N)n2)n1. The monoisotopic (exact) mass is 258 g/mol. The Kier molecular flexibility index (Phi) is 3.61. The molecule has 7 heteroatoms. The van der Waals surface area contributed by atoms with Gasteiger partial charge in [-0.25, -0.2) is 0 Å². The molecule has 0 unspecified atom stereocenters. The Morgan fingerprint density at radius 1 is 1.47 bits per heavy atom. The number of aromatic nitrogens is 4. The van der Waals surface area contributed by atoms with Crippen LogP contribution >= 0.6 is 0 Å². The molecular weight excluding hydrogens is 244 g/mol. The number of nitriles is 1. The van der Waals surface area contributed by atoms with E-state index in [1.165, 1.54) is 4.68 Å². The summed E-state index contributed by atoms with van der Waals surface area (Å²) < 4.78 is 3.09. The van der Waals surface area contributed by atoms with E-state index in [-0.39, 0.29) is 19.0 Å². The van der Waals surface area contributed by atoms with Crippen LogP contribution in [0.4, 0.5) is 5.82 Å². The van der Waals surface area contributed by atoms with Crippen LogP contribution in [-0.2, 0) is 17.9 Å². The zero-order valence-corrected chi connectivity index (χ0v) is 10.8. The highest BCUT2D eigenvalue weighted by Crippen LogP contribution is 2.04. The first-order valence-corrected chi connectivity index (χ1v) is 5.80. The molecule has 98 valence electrons. The molecule has 0 radical (unpaired) electrons. The lowest BCUT2D eigenvalue weighted by Gasteiger charge is -2.04. The van der Waals surface area contributed by atoms with Crippen molar-refractivity contribution in [3.63, 3.8) is 0 Å². The minimum absolute atomic E-state index is 0.144. The average molecular weight is 258 g/mol. The third-order valence-electron chi connectivity index (χ3n) is 2.54. The summed E-state index contributed by atoms with van der Waals surface area (Å²) in [7, 11) is 0. The molecule has 2 aromatic heterocycles. The van der Waals surface area contributed by atoms with Gasteiger partial charge in [-0.2, -0.15) is 15.5 Å². The zero-order chi connectivity index (χ0) is 13.8. The van der Waals surface area contributed by atoms with Gasteiger partial charge < -0.3 is 5.32 Å². The van der Waals surface area contributed by atoms with Gasteiger partial charge in [0.25, 0.3) is 0 Å². The van der Waals surface area contributed by atoms with Gasteiger partial charge in [-0.05, 0) is 19.9 Å². The molecule has 2 heterocycles. The lowest BCUT2D eigenvalue weighted by Crippen LogP contribution is -2.20. The molecule has 7 nitrogen and oxygen atoms in total. The van der Waals surface area contributed by atoms with Crippen molar-refractivity contribution in [2.24, 2.45) is 0 Å². The Labute approximate surface area is 110 Å². The Morgan fingerprint density at radius 2 is 2.26 bits per heavy atom. The zero-order valence-electron chi connectivity index (χ0n) is 10.8. The number of nitrogens with one attached hydrogen (secondary N) is 1. The molecule has 0 aliphatic carbocycles. The van der Waals surface area contributed by atoms with Crippen molar-refractivity contribution in [3.8, 4) is 6.07 Å². The van der Waals surface area contributed by atoms with Gasteiger partial charge in [0.05, 0.1) is 11.8 Å². The molecule has 1 amide bonds. The Morgan fingerprint density at radius 3 is 2.89 bits per heavy atom. The van der Waals surface area contributed by atoms with E-state index < -0.39 is 0 Å². The topological polar surface area (TPSA) is 88.5 Å². The van der Waals surface area contributed by atoms with Crippen LogP contribution < -0.4 is 5.32 Å². The molecule has 0 atom stereocenters. The molecule has 0 saturated heterocycles. The van der Waals surface area contributed by atoms with Crippen molar-refractivity contribution in [2.45, 2.75) is 26.9 Å². The van der Waals surface area contributed by atoms with Crippen molar-refractivity contribution in [1.29, 1.82) is 5.26 Å². The van der Waals surface area contributed by atoms with E-state index in [1.807, 2.05) is 26.0 Å². The van der Waals surface area contributed by atoms with Crippen LogP contribution in [0.1, 0.15) is 11.4 Å². The summed E-state index contributed by atoms with van der Waals surface area (Å²) >= 11 is 0. The lowest BCUT2D eigenvalue weighted by atomic mass is 10.4. The van der Waals surface area contributed by atoms with Crippen molar-refractivity contribution in [3.05, 3.63) is 29.7 Å². The summed E-state index contributed by atoms with van der Waals surface area (Å²) in [6, 6.07) is 5.54. The third kappa shape index (κ3) is 3.19. The highest BCUT2D eigenvalue weighted by atomic mass is 16.2. The van der Waals surface area contributed by atoms with E-state index >= 15 is 0 Å². The van der Waals surface area contributed by atoms with Crippen LogP contribution in [0.2, 0.25) is 0 Å². The van der Waals surface area contributed by atoms with Gasteiger partial charge in [-0.3, -0.25) is 14.2 Å². The van der Waals surface area contributed by atoms with Crippen molar-refractivity contribution in [1.82, 2.24) is 19.6 Å². The van der Waals surface area contributed by atoms with Crippen LogP contribution in [0.5, 0.6) is 0 Å². The number of carbonyl (C=O) groups is 1. The predicted molar refractivity (Wildman–Crippen MR) is 68.2 cm³/mol. The number of aryl methyl sites for hydroxylation is 2.